The first-order valence-corrected chi connectivity index (χ1v) is 9.36. The first kappa shape index (κ1) is 19.5. The molecular weight excluding hydrogens is 355 g/mol. The third kappa shape index (κ3) is 5.36. The van der Waals surface area contributed by atoms with Crippen LogP contribution in [-0.2, 0) is 6.42 Å². The van der Waals surface area contributed by atoms with Crippen LogP contribution in [0.2, 0.25) is 0 Å². The Bertz CT molecular complexity index is 914. The summed E-state index contributed by atoms with van der Waals surface area (Å²) >= 11 is 0. The molecule has 0 saturated heterocycles. The van der Waals surface area contributed by atoms with Crippen molar-refractivity contribution in [2.75, 3.05) is 18.4 Å². The average molecular weight is 378 g/mol. The zero-order valence-electron chi connectivity index (χ0n) is 15.8. The van der Waals surface area contributed by atoms with Crippen molar-refractivity contribution in [2.45, 2.75) is 19.8 Å². The molecule has 3 rings (SSSR count). The molecule has 0 atom stereocenters. The van der Waals surface area contributed by atoms with Crippen molar-refractivity contribution in [1.29, 1.82) is 0 Å². The highest BCUT2D eigenvalue weighted by molar-refractivity contribution is 5.93. The third-order valence-electron chi connectivity index (χ3n) is 4.16. The molecule has 1 aromatic heterocycles. The van der Waals surface area contributed by atoms with E-state index in [1.165, 1.54) is 12.1 Å². The average Bonchev–Trinajstić information content (AvgIpc) is 2.74. The largest absolute Gasteiger partial charge is 0.370 e. The normalized spacial score (nSPS) is 10.5. The van der Waals surface area contributed by atoms with Gasteiger partial charge in [0, 0.05) is 24.7 Å². The fraction of sp³-hybridized carbons (Fsp3) is 0.227. The molecule has 0 fully saturated rings. The number of carbonyl (C=O) groups excluding carboxylic acids is 1. The second-order valence-corrected chi connectivity index (χ2v) is 6.39. The van der Waals surface area contributed by atoms with Gasteiger partial charge in [-0.3, -0.25) is 4.79 Å². The summed E-state index contributed by atoms with van der Waals surface area (Å²) in [5, 5.41) is 6.09. The zero-order chi connectivity index (χ0) is 19.8. The SMILES string of the molecule is CCCNC(=O)c1cc(NCCc2ccc(F)cc2)nc(-c2ccccc2)n1. The summed E-state index contributed by atoms with van der Waals surface area (Å²) in [6, 6.07) is 17.6. The number of aromatic nitrogens is 2. The van der Waals surface area contributed by atoms with E-state index in [0.29, 0.717) is 36.8 Å². The Morgan fingerprint density at radius 2 is 1.75 bits per heavy atom. The molecule has 3 aromatic rings. The molecule has 1 amide bonds. The minimum Gasteiger partial charge on any atom is -0.370 e. The van der Waals surface area contributed by atoms with E-state index in [2.05, 4.69) is 20.6 Å². The van der Waals surface area contributed by atoms with Crippen LogP contribution in [0.4, 0.5) is 10.2 Å². The van der Waals surface area contributed by atoms with Crippen LogP contribution >= 0.6 is 0 Å². The molecule has 1 heterocycles. The fourth-order valence-electron chi connectivity index (χ4n) is 2.69. The summed E-state index contributed by atoms with van der Waals surface area (Å²) in [5.41, 5.74) is 2.19. The van der Waals surface area contributed by atoms with Crippen LogP contribution in [0.5, 0.6) is 0 Å². The van der Waals surface area contributed by atoms with Gasteiger partial charge in [0.1, 0.15) is 17.3 Å². The van der Waals surface area contributed by atoms with Gasteiger partial charge < -0.3 is 10.6 Å². The molecule has 5 nitrogen and oxygen atoms in total. The van der Waals surface area contributed by atoms with Gasteiger partial charge in [-0.1, -0.05) is 49.4 Å². The van der Waals surface area contributed by atoms with E-state index >= 15 is 0 Å². The summed E-state index contributed by atoms with van der Waals surface area (Å²) in [4.78, 5) is 21.4. The van der Waals surface area contributed by atoms with Crippen molar-refractivity contribution >= 4 is 11.7 Å². The van der Waals surface area contributed by atoms with Crippen LogP contribution in [-0.4, -0.2) is 29.0 Å². The summed E-state index contributed by atoms with van der Waals surface area (Å²) in [6.45, 7) is 3.20. The molecular formula is C22H23FN4O. The maximum absolute atomic E-state index is 13.0. The minimum absolute atomic E-state index is 0.219. The number of hydrogen-bond donors (Lipinski definition) is 2. The summed E-state index contributed by atoms with van der Waals surface area (Å²) in [6.07, 6.45) is 1.56. The molecule has 0 radical (unpaired) electrons. The van der Waals surface area contributed by atoms with Crippen LogP contribution in [0.15, 0.2) is 60.7 Å². The number of halogens is 1. The van der Waals surface area contributed by atoms with E-state index in [1.54, 1.807) is 18.2 Å². The number of amides is 1. The van der Waals surface area contributed by atoms with Gasteiger partial charge in [-0.2, -0.15) is 0 Å². The van der Waals surface area contributed by atoms with Gasteiger partial charge in [-0.15, -0.1) is 0 Å². The summed E-state index contributed by atoms with van der Waals surface area (Å²) < 4.78 is 13.0. The first-order chi connectivity index (χ1) is 13.7. The molecule has 0 aliphatic heterocycles. The fourth-order valence-corrected chi connectivity index (χ4v) is 2.69. The summed E-state index contributed by atoms with van der Waals surface area (Å²) in [5.74, 6) is 0.609. The monoisotopic (exact) mass is 378 g/mol. The van der Waals surface area contributed by atoms with E-state index in [0.717, 1.165) is 17.5 Å². The number of benzene rings is 2. The Morgan fingerprint density at radius 3 is 2.46 bits per heavy atom. The predicted molar refractivity (Wildman–Crippen MR) is 109 cm³/mol. The van der Waals surface area contributed by atoms with Crippen LogP contribution in [0, 0.1) is 5.82 Å². The number of nitrogens with one attached hydrogen (secondary N) is 2. The Balaban J connectivity index is 1.78. The lowest BCUT2D eigenvalue weighted by Gasteiger charge is -2.11. The Morgan fingerprint density at radius 1 is 1.00 bits per heavy atom. The van der Waals surface area contributed by atoms with Crippen molar-refractivity contribution in [1.82, 2.24) is 15.3 Å². The molecule has 0 aliphatic rings. The van der Waals surface area contributed by atoms with Crippen LogP contribution in [0.25, 0.3) is 11.4 Å². The highest BCUT2D eigenvalue weighted by Gasteiger charge is 2.12. The molecule has 2 aromatic carbocycles. The minimum atomic E-state index is -0.247. The predicted octanol–water partition coefficient (Wildman–Crippen LogP) is 4.08. The number of carbonyl (C=O) groups is 1. The van der Waals surface area contributed by atoms with Crippen LogP contribution < -0.4 is 10.6 Å². The maximum Gasteiger partial charge on any atom is 0.270 e. The van der Waals surface area contributed by atoms with E-state index in [-0.39, 0.29) is 11.7 Å². The number of rotatable bonds is 8. The van der Waals surface area contributed by atoms with Gasteiger partial charge >= 0.3 is 0 Å². The van der Waals surface area contributed by atoms with Gasteiger partial charge in [-0.25, -0.2) is 14.4 Å². The molecule has 0 bridgehead atoms. The lowest BCUT2D eigenvalue weighted by molar-refractivity contribution is 0.0948. The Labute approximate surface area is 164 Å². The number of nitrogens with zero attached hydrogens (tertiary/aromatic N) is 2. The van der Waals surface area contributed by atoms with Crippen molar-refractivity contribution < 1.29 is 9.18 Å². The van der Waals surface area contributed by atoms with E-state index < -0.39 is 0 Å². The topological polar surface area (TPSA) is 66.9 Å². The van der Waals surface area contributed by atoms with Gasteiger partial charge in [0.25, 0.3) is 5.91 Å². The quantitative estimate of drug-likeness (QED) is 0.620. The molecule has 144 valence electrons. The third-order valence-corrected chi connectivity index (χ3v) is 4.16. The van der Waals surface area contributed by atoms with Crippen LogP contribution in [0.1, 0.15) is 29.4 Å². The summed E-state index contributed by atoms with van der Waals surface area (Å²) in [7, 11) is 0. The molecule has 0 aliphatic carbocycles. The van der Waals surface area contributed by atoms with Crippen molar-refractivity contribution in [3.63, 3.8) is 0 Å². The Hall–Kier alpha value is -3.28. The van der Waals surface area contributed by atoms with Crippen LogP contribution in [0.3, 0.4) is 0 Å². The van der Waals surface area contributed by atoms with Crippen molar-refractivity contribution in [3.8, 4) is 11.4 Å². The van der Waals surface area contributed by atoms with E-state index in [4.69, 9.17) is 0 Å². The Kier molecular flexibility index (Phi) is 6.68. The highest BCUT2D eigenvalue weighted by atomic mass is 19.1. The van der Waals surface area contributed by atoms with Gasteiger partial charge in [-0.05, 0) is 30.5 Å². The smallest absolute Gasteiger partial charge is 0.270 e. The lowest BCUT2D eigenvalue weighted by atomic mass is 10.1. The molecule has 0 unspecified atom stereocenters. The molecule has 28 heavy (non-hydrogen) atoms. The second-order valence-electron chi connectivity index (χ2n) is 6.39. The number of hydrogen-bond acceptors (Lipinski definition) is 4. The van der Waals surface area contributed by atoms with Gasteiger partial charge in [0.2, 0.25) is 0 Å². The van der Waals surface area contributed by atoms with E-state index in [9.17, 15) is 9.18 Å². The standard InChI is InChI=1S/C22H23FN4O/c1-2-13-25-22(28)19-15-20(24-14-12-16-8-10-18(23)11-9-16)27-21(26-19)17-6-4-3-5-7-17/h3-11,15H,2,12-14H2,1H3,(H,25,28)(H,24,26,27). The maximum atomic E-state index is 13.0. The zero-order valence-corrected chi connectivity index (χ0v) is 15.8. The van der Waals surface area contributed by atoms with Gasteiger partial charge in [0.15, 0.2) is 5.82 Å². The lowest BCUT2D eigenvalue weighted by Crippen LogP contribution is -2.25. The molecule has 2 N–H and O–H groups in total. The first-order valence-electron chi connectivity index (χ1n) is 9.36. The number of anilines is 1. The molecule has 0 saturated carbocycles. The van der Waals surface area contributed by atoms with Crippen molar-refractivity contribution in [2.24, 2.45) is 0 Å². The highest BCUT2D eigenvalue weighted by Crippen LogP contribution is 2.18. The van der Waals surface area contributed by atoms with E-state index in [1.807, 2.05) is 37.3 Å². The van der Waals surface area contributed by atoms with Gasteiger partial charge in [0.05, 0.1) is 0 Å². The van der Waals surface area contributed by atoms with Crippen molar-refractivity contribution in [3.05, 3.63) is 77.7 Å². The molecule has 0 spiro atoms. The second kappa shape index (κ2) is 9.60. The molecule has 6 heteroatoms.